The number of aromatic nitrogens is 2. The molecule has 92 valence electrons. The summed E-state index contributed by atoms with van der Waals surface area (Å²) in [5, 5.41) is 3.06. The van der Waals surface area contributed by atoms with Gasteiger partial charge in [-0.15, -0.1) is 0 Å². The maximum Gasteiger partial charge on any atom is 0.271 e. The third kappa shape index (κ3) is 3.02. The van der Waals surface area contributed by atoms with Gasteiger partial charge in [-0.3, -0.25) is 9.78 Å². The quantitative estimate of drug-likeness (QED) is 0.851. The molecule has 1 saturated carbocycles. The van der Waals surface area contributed by atoms with E-state index in [1.165, 1.54) is 25.5 Å². The van der Waals surface area contributed by atoms with Gasteiger partial charge in [-0.2, -0.15) is 0 Å². The first-order chi connectivity index (χ1) is 8.16. The maximum absolute atomic E-state index is 12.0. The predicted octanol–water partition coefficient (Wildman–Crippen LogP) is 2.09. The number of carbonyl (C=O) groups excluding carboxylic acids is 1. The van der Waals surface area contributed by atoms with E-state index in [-0.39, 0.29) is 5.91 Å². The van der Waals surface area contributed by atoms with E-state index in [1.807, 2.05) is 6.92 Å². The highest BCUT2D eigenvalue weighted by molar-refractivity contribution is 5.92. The molecule has 2 rings (SSSR count). The summed E-state index contributed by atoms with van der Waals surface area (Å²) in [5.41, 5.74) is 1.24. The molecule has 0 spiro atoms. The Morgan fingerprint density at radius 3 is 2.71 bits per heavy atom. The fourth-order valence-corrected chi connectivity index (χ4v) is 2.28. The van der Waals surface area contributed by atoms with Gasteiger partial charge in [0, 0.05) is 12.2 Å². The molecule has 1 amide bonds. The standard InChI is InChI=1S/C13H19N3O/c1-9-5-3-4-6-11(9)16-13(17)12-8-14-10(2)7-15-12/h7-9,11H,3-6H2,1-2H3,(H,16,17)/t9-,11-/m0/s1. The fraction of sp³-hybridized carbons (Fsp3) is 0.615. The van der Waals surface area contributed by atoms with Crippen LogP contribution in [0.25, 0.3) is 0 Å². The molecule has 1 heterocycles. The molecule has 1 aliphatic carbocycles. The summed E-state index contributed by atoms with van der Waals surface area (Å²) < 4.78 is 0. The molecule has 17 heavy (non-hydrogen) atoms. The molecule has 0 aliphatic heterocycles. The van der Waals surface area contributed by atoms with Crippen molar-refractivity contribution >= 4 is 5.91 Å². The van der Waals surface area contributed by atoms with Crippen molar-refractivity contribution < 1.29 is 4.79 Å². The fourth-order valence-electron chi connectivity index (χ4n) is 2.28. The van der Waals surface area contributed by atoms with Crippen molar-refractivity contribution in [3.05, 3.63) is 23.8 Å². The molecule has 0 saturated heterocycles. The van der Waals surface area contributed by atoms with E-state index in [0.29, 0.717) is 17.7 Å². The zero-order valence-electron chi connectivity index (χ0n) is 10.4. The minimum absolute atomic E-state index is 0.101. The molecule has 4 heteroatoms. The lowest BCUT2D eigenvalue weighted by atomic mass is 9.86. The zero-order valence-corrected chi connectivity index (χ0v) is 10.4. The minimum Gasteiger partial charge on any atom is -0.348 e. The van der Waals surface area contributed by atoms with E-state index < -0.39 is 0 Å². The molecular weight excluding hydrogens is 214 g/mol. The third-order valence-corrected chi connectivity index (χ3v) is 3.44. The Kier molecular flexibility index (Phi) is 3.71. The van der Waals surface area contributed by atoms with E-state index in [9.17, 15) is 4.79 Å². The molecule has 0 bridgehead atoms. The number of aryl methyl sites for hydroxylation is 1. The Labute approximate surface area is 102 Å². The van der Waals surface area contributed by atoms with Gasteiger partial charge in [-0.1, -0.05) is 19.8 Å². The summed E-state index contributed by atoms with van der Waals surface area (Å²) in [5.74, 6) is 0.461. The first-order valence-corrected chi connectivity index (χ1v) is 6.26. The maximum atomic E-state index is 12.0. The lowest BCUT2D eigenvalue weighted by Gasteiger charge is -2.29. The van der Waals surface area contributed by atoms with Gasteiger partial charge < -0.3 is 5.32 Å². The van der Waals surface area contributed by atoms with Crippen LogP contribution in [0.5, 0.6) is 0 Å². The molecule has 0 unspecified atom stereocenters. The van der Waals surface area contributed by atoms with Gasteiger partial charge in [0.1, 0.15) is 5.69 Å². The van der Waals surface area contributed by atoms with Crippen molar-refractivity contribution in [3.63, 3.8) is 0 Å². The number of nitrogens with zero attached hydrogens (tertiary/aromatic N) is 2. The highest BCUT2D eigenvalue weighted by atomic mass is 16.1. The highest BCUT2D eigenvalue weighted by Crippen LogP contribution is 2.23. The van der Waals surface area contributed by atoms with Crippen LogP contribution in [0.4, 0.5) is 0 Å². The van der Waals surface area contributed by atoms with Crippen LogP contribution in [0.3, 0.4) is 0 Å². The van der Waals surface area contributed by atoms with Crippen molar-refractivity contribution in [2.75, 3.05) is 0 Å². The summed E-state index contributed by atoms with van der Waals surface area (Å²) in [6, 6.07) is 0.291. The second-order valence-corrected chi connectivity index (χ2v) is 4.88. The summed E-state index contributed by atoms with van der Waals surface area (Å²) in [6.45, 7) is 4.06. The average Bonchev–Trinajstić information content (AvgIpc) is 2.33. The molecule has 2 atom stereocenters. The second-order valence-electron chi connectivity index (χ2n) is 4.88. The number of hydrogen-bond acceptors (Lipinski definition) is 3. The Morgan fingerprint density at radius 2 is 2.06 bits per heavy atom. The second kappa shape index (κ2) is 5.25. The SMILES string of the molecule is Cc1cnc(C(=O)N[C@H]2CCCC[C@@H]2C)cn1. The number of nitrogens with one attached hydrogen (secondary N) is 1. The normalized spacial score (nSPS) is 24.4. The van der Waals surface area contributed by atoms with Gasteiger partial charge in [0.2, 0.25) is 0 Å². The van der Waals surface area contributed by atoms with Crippen LogP contribution in [-0.4, -0.2) is 21.9 Å². The van der Waals surface area contributed by atoms with Crippen LogP contribution in [-0.2, 0) is 0 Å². The first kappa shape index (κ1) is 12.0. The summed E-state index contributed by atoms with van der Waals surface area (Å²) in [4.78, 5) is 20.1. The van der Waals surface area contributed by atoms with Crippen LogP contribution in [0.15, 0.2) is 12.4 Å². The van der Waals surface area contributed by atoms with Crippen LogP contribution in [0.2, 0.25) is 0 Å². The van der Waals surface area contributed by atoms with Gasteiger partial charge in [0.15, 0.2) is 0 Å². The summed E-state index contributed by atoms with van der Waals surface area (Å²) in [6.07, 6.45) is 7.92. The van der Waals surface area contributed by atoms with Crippen LogP contribution in [0, 0.1) is 12.8 Å². The van der Waals surface area contributed by atoms with Crippen molar-refractivity contribution in [2.45, 2.75) is 45.6 Å². The van der Waals surface area contributed by atoms with Gasteiger partial charge in [0.05, 0.1) is 11.9 Å². The highest BCUT2D eigenvalue weighted by Gasteiger charge is 2.23. The van der Waals surface area contributed by atoms with Gasteiger partial charge in [-0.05, 0) is 25.7 Å². The lowest BCUT2D eigenvalue weighted by Crippen LogP contribution is -2.41. The summed E-state index contributed by atoms with van der Waals surface area (Å²) >= 11 is 0. The van der Waals surface area contributed by atoms with Crippen LogP contribution in [0.1, 0.15) is 48.8 Å². The van der Waals surface area contributed by atoms with Crippen molar-refractivity contribution in [2.24, 2.45) is 5.92 Å². The molecule has 0 aromatic carbocycles. The van der Waals surface area contributed by atoms with E-state index in [0.717, 1.165) is 12.1 Å². The molecule has 1 aliphatic rings. The van der Waals surface area contributed by atoms with Gasteiger partial charge >= 0.3 is 0 Å². The zero-order chi connectivity index (χ0) is 12.3. The average molecular weight is 233 g/mol. The molecule has 1 aromatic heterocycles. The number of carbonyl (C=O) groups is 1. The van der Waals surface area contributed by atoms with Crippen LogP contribution >= 0.6 is 0 Å². The predicted molar refractivity (Wildman–Crippen MR) is 65.7 cm³/mol. The lowest BCUT2D eigenvalue weighted by molar-refractivity contribution is 0.0904. The van der Waals surface area contributed by atoms with Gasteiger partial charge in [0.25, 0.3) is 5.91 Å². The first-order valence-electron chi connectivity index (χ1n) is 6.26. The number of hydrogen-bond donors (Lipinski definition) is 1. The van der Waals surface area contributed by atoms with Crippen molar-refractivity contribution in [3.8, 4) is 0 Å². The monoisotopic (exact) mass is 233 g/mol. The Morgan fingerprint density at radius 1 is 1.29 bits per heavy atom. The van der Waals surface area contributed by atoms with E-state index >= 15 is 0 Å². The number of rotatable bonds is 2. The van der Waals surface area contributed by atoms with E-state index in [1.54, 1.807) is 6.20 Å². The molecule has 1 fully saturated rings. The van der Waals surface area contributed by atoms with E-state index in [2.05, 4.69) is 22.2 Å². The molecular formula is C13H19N3O. The van der Waals surface area contributed by atoms with Crippen LogP contribution < -0.4 is 5.32 Å². The van der Waals surface area contributed by atoms with Crippen molar-refractivity contribution in [1.82, 2.24) is 15.3 Å². The molecule has 1 aromatic rings. The molecule has 1 N–H and O–H groups in total. The summed E-state index contributed by atoms with van der Waals surface area (Å²) in [7, 11) is 0. The Hall–Kier alpha value is -1.45. The third-order valence-electron chi connectivity index (χ3n) is 3.44. The van der Waals surface area contributed by atoms with Gasteiger partial charge in [-0.25, -0.2) is 4.98 Å². The topological polar surface area (TPSA) is 54.9 Å². The Bertz CT molecular complexity index is 388. The smallest absolute Gasteiger partial charge is 0.271 e. The minimum atomic E-state index is -0.101. The number of amides is 1. The Balaban J connectivity index is 1.98. The molecule has 4 nitrogen and oxygen atoms in total. The largest absolute Gasteiger partial charge is 0.348 e. The molecule has 0 radical (unpaired) electrons. The van der Waals surface area contributed by atoms with E-state index in [4.69, 9.17) is 0 Å². The van der Waals surface area contributed by atoms with Crippen molar-refractivity contribution in [1.29, 1.82) is 0 Å².